The van der Waals surface area contributed by atoms with Crippen LogP contribution in [0.1, 0.15) is 47.5 Å². The van der Waals surface area contributed by atoms with E-state index in [0.29, 0.717) is 18.4 Å². The van der Waals surface area contributed by atoms with Crippen LogP contribution in [-0.4, -0.2) is 77.0 Å². The van der Waals surface area contributed by atoms with Crippen molar-refractivity contribution < 1.29 is 9.53 Å². The van der Waals surface area contributed by atoms with E-state index in [2.05, 4.69) is 27.2 Å². The molecule has 1 aliphatic rings. The summed E-state index contributed by atoms with van der Waals surface area (Å²) in [7, 11) is 1.84. The number of nitrogens with one attached hydrogen (secondary N) is 1. The van der Waals surface area contributed by atoms with Gasteiger partial charge in [0.05, 0.1) is 0 Å². The number of guanidine groups is 1. The summed E-state index contributed by atoms with van der Waals surface area (Å²) in [6, 6.07) is 1.95. The molecule has 31 heavy (non-hydrogen) atoms. The normalized spacial score (nSPS) is 16.5. The second-order valence-electron chi connectivity index (χ2n) is 9.21. The summed E-state index contributed by atoms with van der Waals surface area (Å²) in [5.74, 6) is 1.90. The van der Waals surface area contributed by atoms with Crippen molar-refractivity contribution in [3.63, 3.8) is 0 Å². The monoisotopic (exact) mass is 548 g/mol. The molecular formula is C22H41IN6O2. The van der Waals surface area contributed by atoms with Gasteiger partial charge in [0.2, 0.25) is 0 Å². The minimum atomic E-state index is -0.458. The van der Waals surface area contributed by atoms with E-state index < -0.39 is 5.60 Å². The first-order valence-electron chi connectivity index (χ1n) is 11.1. The molecule has 0 saturated carbocycles. The van der Waals surface area contributed by atoms with Crippen molar-refractivity contribution in [2.24, 2.45) is 16.8 Å². The fourth-order valence-corrected chi connectivity index (χ4v) is 3.69. The zero-order valence-electron chi connectivity index (χ0n) is 20.0. The Morgan fingerprint density at radius 3 is 2.55 bits per heavy atom. The second kappa shape index (κ2) is 13.1. The smallest absolute Gasteiger partial charge is 0.410 e. The fraction of sp³-hybridized carbons (Fsp3) is 0.773. The Bertz CT molecular complexity index is 666. The lowest BCUT2D eigenvalue weighted by atomic mass is 9.96. The third kappa shape index (κ3) is 9.65. The molecule has 2 heterocycles. The van der Waals surface area contributed by atoms with Crippen molar-refractivity contribution in [2.45, 2.75) is 59.6 Å². The van der Waals surface area contributed by atoms with Gasteiger partial charge in [-0.1, -0.05) is 6.92 Å². The molecule has 1 atom stereocenters. The maximum atomic E-state index is 12.4. The van der Waals surface area contributed by atoms with Gasteiger partial charge in [0.15, 0.2) is 5.96 Å². The molecule has 0 aliphatic carbocycles. The van der Waals surface area contributed by atoms with Gasteiger partial charge in [-0.05, 0) is 58.4 Å². The molecule has 1 saturated heterocycles. The Morgan fingerprint density at radius 1 is 1.35 bits per heavy atom. The number of rotatable bonds is 7. The minimum absolute atomic E-state index is 0. The van der Waals surface area contributed by atoms with Crippen molar-refractivity contribution in [3.8, 4) is 0 Å². The van der Waals surface area contributed by atoms with E-state index in [1.54, 1.807) is 0 Å². The Hall–Kier alpha value is -1.52. The lowest BCUT2D eigenvalue weighted by Crippen LogP contribution is -2.48. The number of carbonyl (C=O) groups excluding carboxylic acids is 1. The van der Waals surface area contributed by atoms with Crippen LogP contribution >= 0.6 is 24.0 Å². The fourth-order valence-electron chi connectivity index (χ4n) is 3.69. The number of piperidine rings is 1. The van der Waals surface area contributed by atoms with E-state index in [1.807, 2.05) is 62.8 Å². The number of nitrogens with zero attached hydrogens (tertiary/aromatic N) is 5. The first-order chi connectivity index (χ1) is 14.2. The molecule has 9 heteroatoms. The highest BCUT2D eigenvalue weighted by Crippen LogP contribution is 2.20. The van der Waals surface area contributed by atoms with Gasteiger partial charge >= 0.3 is 6.09 Å². The zero-order valence-corrected chi connectivity index (χ0v) is 22.3. The number of aliphatic imine (C=N–C) groups is 1. The highest BCUT2D eigenvalue weighted by molar-refractivity contribution is 14.0. The largest absolute Gasteiger partial charge is 0.444 e. The molecule has 0 radical (unpaired) electrons. The quantitative estimate of drug-likeness (QED) is 0.320. The van der Waals surface area contributed by atoms with Gasteiger partial charge in [0.1, 0.15) is 5.60 Å². The van der Waals surface area contributed by atoms with Crippen molar-refractivity contribution in [2.75, 3.05) is 39.8 Å². The first kappa shape index (κ1) is 27.5. The molecule has 0 bridgehead atoms. The predicted octanol–water partition coefficient (Wildman–Crippen LogP) is 3.68. The molecule has 1 amide bonds. The number of carbonyl (C=O) groups is 1. The standard InChI is InChI=1S/C22H40N6O2.HI/c1-7-26(21(29)30-22(3,4)5)17-19-9-13-27(14-10-19)20(23-6)24-15-18(2)16-28-12-8-11-25-28;/h8,11-12,18-19H,7,9-10,13-17H2,1-6H3,(H,23,24);1H. The number of aromatic nitrogens is 2. The van der Waals surface area contributed by atoms with Crippen LogP contribution in [0.25, 0.3) is 0 Å². The number of halogens is 1. The summed E-state index contributed by atoms with van der Waals surface area (Å²) in [5.41, 5.74) is -0.458. The Labute approximate surface area is 204 Å². The van der Waals surface area contributed by atoms with E-state index in [0.717, 1.165) is 51.5 Å². The Balaban J connectivity index is 0.00000480. The van der Waals surface area contributed by atoms with Crippen LogP contribution in [0, 0.1) is 11.8 Å². The second-order valence-corrected chi connectivity index (χ2v) is 9.21. The van der Waals surface area contributed by atoms with Crippen molar-refractivity contribution in [1.82, 2.24) is 24.9 Å². The van der Waals surface area contributed by atoms with Crippen molar-refractivity contribution in [3.05, 3.63) is 18.5 Å². The van der Waals surface area contributed by atoms with Crippen LogP contribution < -0.4 is 5.32 Å². The van der Waals surface area contributed by atoms with Gasteiger partial charge in [0, 0.05) is 58.7 Å². The molecule has 8 nitrogen and oxygen atoms in total. The van der Waals surface area contributed by atoms with Crippen molar-refractivity contribution >= 4 is 36.0 Å². The number of likely N-dealkylation sites (tertiary alicyclic amines) is 1. The minimum Gasteiger partial charge on any atom is -0.444 e. The lowest BCUT2D eigenvalue weighted by molar-refractivity contribution is 0.0214. The van der Waals surface area contributed by atoms with Crippen LogP contribution in [0.2, 0.25) is 0 Å². The molecule has 1 N–H and O–H groups in total. The topological polar surface area (TPSA) is 75.0 Å². The lowest BCUT2D eigenvalue weighted by Gasteiger charge is -2.36. The van der Waals surface area contributed by atoms with Gasteiger partial charge in [-0.2, -0.15) is 5.10 Å². The zero-order chi connectivity index (χ0) is 22.1. The summed E-state index contributed by atoms with van der Waals surface area (Å²) in [6.45, 7) is 15.0. The van der Waals surface area contributed by atoms with Gasteiger partial charge in [0.25, 0.3) is 0 Å². The molecule has 1 aromatic rings. The van der Waals surface area contributed by atoms with Gasteiger partial charge < -0.3 is 19.9 Å². The third-order valence-corrected chi connectivity index (χ3v) is 5.30. The molecule has 1 aliphatic heterocycles. The van der Waals surface area contributed by atoms with Crippen LogP contribution in [-0.2, 0) is 11.3 Å². The van der Waals surface area contributed by atoms with Crippen LogP contribution in [0.4, 0.5) is 4.79 Å². The molecule has 1 unspecified atom stereocenters. The summed E-state index contributed by atoms with van der Waals surface area (Å²) in [5, 5.41) is 7.79. The summed E-state index contributed by atoms with van der Waals surface area (Å²) >= 11 is 0. The molecule has 2 rings (SSSR count). The highest BCUT2D eigenvalue weighted by atomic mass is 127. The predicted molar refractivity (Wildman–Crippen MR) is 136 cm³/mol. The Kier molecular flexibility index (Phi) is 11.6. The van der Waals surface area contributed by atoms with E-state index >= 15 is 0 Å². The average molecular weight is 549 g/mol. The van der Waals surface area contributed by atoms with Gasteiger partial charge in [-0.15, -0.1) is 24.0 Å². The van der Waals surface area contributed by atoms with E-state index in [4.69, 9.17) is 4.74 Å². The number of hydrogen-bond donors (Lipinski definition) is 1. The van der Waals surface area contributed by atoms with Crippen molar-refractivity contribution in [1.29, 1.82) is 0 Å². The van der Waals surface area contributed by atoms with E-state index in [1.165, 1.54) is 0 Å². The van der Waals surface area contributed by atoms with E-state index in [9.17, 15) is 4.79 Å². The SMILES string of the molecule is CCN(CC1CCN(C(=NC)NCC(C)Cn2cccn2)CC1)C(=O)OC(C)(C)C.I. The highest BCUT2D eigenvalue weighted by Gasteiger charge is 2.27. The first-order valence-corrected chi connectivity index (χ1v) is 11.1. The molecule has 178 valence electrons. The maximum Gasteiger partial charge on any atom is 0.410 e. The maximum absolute atomic E-state index is 12.4. The molecule has 1 aromatic heterocycles. The van der Waals surface area contributed by atoms with Crippen LogP contribution in [0.15, 0.2) is 23.5 Å². The number of hydrogen-bond acceptors (Lipinski definition) is 4. The molecular weight excluding hydrogens is 507 g/mol. The summed E-state index contributed by atoms with van der Waals surface area (Å²) in [4.78, 5) is 21.0. The van der Waals surface area contributed by atoms with Crippen LogP contribution in [0.5, 0.6) is 0 Å². The molecule has 0 spiro atoms. The Morgan fingerprint density at radius 2 is 2.03 bits per heavy atom. The molecule has 0 aromatic carbocycles. The number of amides is 1. The summed E-state index contributed by atoms with van der Waals surface area (Å²) in [6.07, 6.45) is 5.68. The van der Waals surface area contributed by atoms with E-state index in [-0.39, 0.29) is 30.1 Å². The third-order valence-electron chi connectivity index (χ3n) is 5.30. The van der Waals surface area contributed by atoms with Gasteiger partial charge in [-0.25, -0.2) is 4.79 Å². The number of ether oxygens (including phenoxy) is 1. The van der Waals surface area contributed by atoms with Crippen LogP contribution in [0.3, 0.4) is 0 Å². The summed E-state index contributed by atoms with van der Waals surface area (Å²) < 4.78 is 7.51. The average Bonchev–Trinajstić information content (AvgIpc) is 3.19. The van der Waals surface area contributed by atoms with Gasteiger partial charge in [-0.3, -0.25) is 9.67 Å². The molecule has 1 fully saturated rings.